The largest absolute Gasteiger partial charge is 0.416 e. The predicted molar refractivity (Wildman–Crippen MR) is 124 cm³/mol. The Morgan fingerprint density at radius 2 is 1.69 bits per heavy atom. The molecular formula is C24H28F4N8. The monoisotopic (exact) mass is 504 g/mol. The van der Waals surface area contributed by atoms with Crippen LogP contribution < -0.4 is 10.2 Å². The Bertz CT molecular complexity index is 1120. The molecule has 192 valence electrons. The lowest BCUT2D eigenvalue weighted by atomic mass is 9.80. The summed E-state index contributed by atoms with van der Waals surface area (Å²) in [6, 6.07) is 5.10. The highest BCUT2D eigenvalue weighted by Gasteiger charge is 2.34. The third kappa shape index (κ3) is 5.90. The highest BCUT2D eigenvalue weighted by molar-refractivity contribution is 5.52. The van der Waals surface area contributed by atoms with Crippen LogP contribution in [-0.2, 0) is 19.1 Å². The molecule has 3 aromatic rings. The van der Waals surface area contributed by atoms with E-state index in [0.29, 0.717) is 23.9 Å². The van der Waals surface area contributed by atoms with E-state index in [-0.39, 0.29) is 24.2 Å². The first-order valence-corrected chi connectivity index (χ1v) is 12.3. The second-order valence-electron chi connectivity index (χ2n) is 9.73. The third-order valence-electron chi connectivity index (χ3n) is 7.06. The fourth-order valence-electron chi connectivity index (χ4n) is 4.86. The smallest absolute Gasteiger partial charge is 0.367 e. The highest BCUT2D eigenvalue weighted by atomic mass is 19.4. The minimum Gasteiger partial charge on any atom is -0.367 e. The summed E-state index contributed by atoms with van der Waals surface area (Å²) in [6.45, 7) is 0.896. The van der Waals surface area contributed by atoms with Crippen LogP contribution in [0.4, 0.5) is 29.2 Å². The molecule has 0 radical (unpaired) electrons. The number of hydrogen-bond donors (Lipinski definition) is 2. The zero-order chi connectivity index (χ0) is 25.1. The van der Waals surface area contributed by atoms with Crippen molar-refractivity contribution in [2.45, 2.75) is 63.7 Å². The summed E-state index contributed by atoms with van der Waals surface area (Å²) in [5.74, 6) is 1.58. The third-order valence-corrected chi connectivity index (χ3v) is 7.06. The van der Waals surface area contributed by atoms with Crippen molar-refractivity contribution in [3.63, 3.8) is 0 Å². The molecule has 0 unspecified atom stereocenters. The lowest BCUT2D eigenvalue weighted by Gasteiger charge is -2.28. The van der Waals surface area contributed by atoms with Gasteiger partial charge in [0.1, 0.15) is 12.2 Å². The Labute approximate surface area is 205 Å². The number of halogens is 4. The molecule has 2 fully saturated rings. The molecule has 2 aliphatic carbocycles. The second kappa shape index (κ2) is 10.4. The number of rotatable bonds is 9. The standard InChI is InChI=1S/C24H28F4N8/c25-21-22(29-12-16-3-1-15(2-4-16)11-20-32-34-35-33-20)30-14-31-23(21)36(19-9-10-19)13-17-5-7-18(8-6-17)24(26,27)28/h5-8,14-16,19H,1-4,9-13H2,(H,29,30,31)(H,32,33,34,35). The van der Waals surface area contributed by atoms with Crippen LogP contribution in [0.2, 0.25) is 0 Å². The fourth-order valence-corrected chi connectivity index (χ4v) is 4.86. The van der Waals surface area contributed by atoms with E-state index in [1.807, 2.05) is 4.90 Å². The van der Waals surface area contributed by atoms with Gasteiger partial charge < -0.3 is 10.2 Å². The minimum atomic E-state index is -4.39. The SMILES string of the molecule is Fc1c(NCC2CCC(Cc3nnn[nH]3)CC2)ncnc1N(Cc1ccc(C(F)(F)F)cc1)C1CC1. The van der Waals surface area contributed by atoms with E-state index in [2.05, 4.69) is 35.9 Å². The maximum Gasteiger partial charge on any atom is 0.416 e. The van der Waals surface area contributed by atoms with Crippen LogP contribution in [0.15, 0.2) is 30.6 Å². The van der Waals surface area contributed by atoms with Gasteiger partial charge in [-0.3, -0.25) is 0 Å². The van der Waals surface area contributed by atoms with Gasteiger partial charge in [-0.05, 0) is 78.5 Å². The van der Waals surface area contributed by atoms with Gasteiger partial charge in [-0.2, -0.15) is 17.6 Å². The number of anilines is 2. The summed E-state index contributed by atoms with van der Waals surface area (Å²) in [4.78, 5) is 10.1. The van der Waals surface area contributed by atoms with Gasteiger partial charge >= 0.3 is 6.18 Å². The van der Waals surface area contributed by atoms with E-state index in [0.717, 1.165) is 62.9 Å². The first-order chi connectivity index (χ1) is 17.4. The van der Waals surface area contributed by atoms with Crippen LogP contribution in [0.1, 0.15) is 55.5 Å². The summed E-state index contributed by atoms with van der Waals surface area (Å²) in [7, 11) is 0. The molecule has 2 heterocycles. The van der Waals surface area contributed by atoms with Gasteiger partial charge in [0.25, 0.3) is 0 Å². The van der Waals surface area contributed by atoms with Crippen LogP contribution in [-0.4, -0.2) is 43.2 Å². The van der Waals surface area contributed by atoms with Crippen LogP contribution in [0.3, 0.4) is 0 Å². The van der Waals surface area contributed by atoms with Crippen molar-refractivity contribution < 1.29 is 17.6 Å². The second-order valence-corrected chi connectivity index (χ2v) is 9.73. The van der Waals surface area contributed by atoms with Crippen molar-refractivity contribution in [1.29, 1.82) is 0 Å². The molecule has 1 aromatic carbocycles. The van der Waals surface area contributed by atoms with E-state index in [1.54, 1.807) is 0 Å². The zero-order valence-electron chi connectivity index (χ0n) is 19.7. The van der Waals surface area contributed by atoms with Crippen molar-refractivity contribution in [1.82, 2.24) is 30.6 Å². The number of hydrogen-bond acceptors (Lipinski definition) is 7. The van der Waals surface area contributed by atoms with Gasteiger partial charge in [0.05, 0.1) is 5.56 Å². The number of benzene rings is 1. The molecule has 0 saturated heterocycles. The van der Waals surface area contributed by atoms with E-state index < -0.39 is 17.6 Å². The number of alkyl halides is 3. The molecule has 8 nitrogen and oxygen atoms in total. The summed E-state index contributed by atoms with van der Waals surface area (Å²) >= 11 is 0. The van der Waals surface area contributed by atoms with Crippen molar-refractivity contribution in [3.8, 4) is 0 Å². The number of nitrogens with zero attached hydrogens (tertiary/aromatic N) is 6. The fraction of sp³-hybridized carbons (Fsp3) is 0.542. The Morgan fingerprint density at radius 3 is 2.33 bits per heavy atom. The molecule has 0 atom stereocenters. The molecule has 0 spiro atoms. The molecule has 0 amide bonds. The molecule has 2 saturated carbocycles. The van der Waals surface area contributed by atoms with Gasteiger partial charge in [0.15, 0.2) is 11.6 Å². The van der Waals surface area contributed by atoms with Crippen molar-refractivity contribution in [2.24, 2.45) is 11.8 Å². The first-order valence-electron chi connectivity index (χ1n) is 12.3. The van der Waals surface area contributed by atoms with Gasteiger partial charge in [-0.15, -0.1) is 5.10 Å². The number of aromatic nitrogens is 6. The molecule has 2 aromatic heterocycles. The van der Waals surface area contributed by atoms with Gasteiger partial charge in [-0.1, -0.05) is 12.1 Å². The number of tetrazole rings is 1. The molecule has 36 heavy (non-hydrogen) atoms. The van der Waals surface area contributed by atoms with E-state index in [4.69, 9.17) is 0 Å². The topological polar surface area (TPSA) is 95.5 Å². The lowest BCUT2D eigenvalue weighted by Crippen LogP contribution is -2.28. The minimum absolute atomic E-state index is 0.111. The summed E-state index contributed by atoms with van der Waals surface area (Å²) in [5, 5.41) is 17.2. The van der Waals surface area contributed by atoms with Crippen LogP contribution in [0.5, 0.6) is 0 Å². The Morgan fingerprint density at radius 1 is 0.972 bits per heavy atom. The average Bonchev–Trinajstić information content (AvgIpc) is 3.58. The van der Waals surface area contributed by atoms with Crippen LogP contribution >= 0.6 is 0 Å². The molecule has 2 N–H and O–H groups in total. The zero-order valence-corrected chi connectivity index (χ0v) is 19.7. The molecule has 0 aliphatic heterocycles. The molecule has 12 heteroatoms. The Kier molecular flexibility index (Phi) is 7.01. The number of H-pyrrole nitrogens is 1. The number of nitrogens with one attached hydrogen (secondary N) is 2. The summed E-state index contributed by atoms with van der Waals surface area (Å²) < 4.78 is 54.1. The maximum absolute atomic E-state index is 15.5. The first kappa shape index (κ1) is 24.4. The van der Waals surface area contributed by atoms with E-state index in [1.165, 1.54) is 18.5 Å². The maximum atomic E-state index is 15.5. The summed E-state index contributed by atoms with van der Waals surface area (Å²) in [5.41, 5.74) is -0.0340. The van der Waals surface area contributed by atoms with Crippen molar-refractivity contribution >= 4 is 11.6 Å². The van der Waals surface area contributed by atoms with Gasteiger partial charge in [-0.25, -0.2) is 15.1 Å². The molecule has 0 bridgehead atoms. The Hall–Kier alpha value is -3.31. The van der Waals surface area contributed by atoms with Crippen LogP contribution in [0, 0.1) is 17.7 Å². The highest BCUT2D eigenvalue weighted by Crippen LogP contribution is 2.36. The average molecular weight is 505 g/mol. The molecule has 5 rings (SSSR count). The normalized spacial score (nSPS) is 20.3. The van der Waals surface area contributed by atoms with Crippen LogP contribution in [0.25, 0.3) is 0 Å². The van der Waals surface area contributed by atoms with Gasteiger partial charge in [0.2, 0.25) is 5.82 Å². The molecular weight excluding hydrogens is 476 g/mol. The summed E-state index contributed by atoms with van der Waals surface area (Å²) in [6.07, 6.45) is 3.75. The number of aromatic amines is 1. The van der Waals surface area contributed by atoms with E-state index >= 15 is 4.39 Å². The lowest BCUT2D eigenvalue weighted by molar-refractivity contribution is -0.137. The van der Waals surface area contributed by atoms with Gasteiger partial charge in [0, 0.05) is 25.6 Å². The predicted octanol–water partition coefficient (Wildman–Crippen LogP) is 4.78. The van der Waals surface area contributed by atoms with E-state index in [9.17, 15) is 13.2 Å². The Balaban J connectivity index is 1.20. The molecule has 2 aliphatic rings. The van der Waals surface area contributed by atoms with Crippen molar-refractivity contribution in [2.75, 3.05) is 16.8 Å². The van der Waals surface area contributed by atoms with Crippen molar-refractivity contribution in [3.05, 3.63) is 53.4 Å². The quantitative estimate of drug-likeness (QED) is 0.405.